The summed E-state index contributed by atoms with van der Waals surface area (Å²) in [5.74, 6) is 0. The van der Waals surface area contributed by atoms with Crippen molar-refractivity contribution in [3.8, 4) is 0 Å². The van der Waals surface area contributed by atoms with E-state index in [1.165, 1.54) is 0 Å². The smallest absolute Gasteiger partial charge is 0.0781 e. The van der Waals surface area contributed by atoms with E-state index < -0.39 is 0 Å². The maximum atomic E-state index is 5.41. The lowest BCUT2D eigenvalue weighted by Gasteiger charge is -2.12. The Morgan fingerprint density at radius 3 is 0.402 bits per heavy atom. The molecule has 0 unspecified atom stereocenters. The van der Waals surface area contributed by atoms with Crippen LogP contribution in [-0.2, 0) is 6.42 Å². The number of benzene rings is 14. The summed E-state index contributed by atoms with van der Waals surface area (Å²) < 4.78 is 0. The van der Waals surface area contributed by atoms with Crippen LogP contribution in [0.15, 0.2) is 418 Å². The molecule has 14 aromatic rings. The molecule has 0 aliphatic heterocycles. The molecule has 0 saturated carbocycles. The predicted octanol–water partition coefficient (Wildman–Crippen LogP) is 22.3. The number of nitrogens with zero attached hydrogens (tertiary/aromatic N) is 6. The van der Waals surface area contributed by atoms with E-state index in [1.54, 1.807) is 0 Å². The van der Waals surface area contributed by atoms with E-state index in [0.29, 0.717) is 0 Å². The van der Waals surface area contributed by atoms with Gasteiger partial charge in [-0.25, -0.2) is 30.0 Å². The number of hydrogen-bond acceptors (Lipinski definition) is 6. The quantitative estimate of drug-likeness (QED) is 0.0682. The molecular weight excluding hydrogens is 1180 g/mol. The lowest BCUT2D eigenvalue weighted by molar-refractivity contribution is 1.19. The fraction of sp³-hybridized carbons (Fsp3) is 0.0110. The maximum absolute atomic E-state index is 5.41. The van der Waals surface area contributed by atoms with Crippen LogP contribution < -0.4 is 0 Å². The van der Waals surface area contributed by atoms with E-state index in [9.17, 15) is 0 Å². The molecule has 460 valence electrons. The van der Waals surface area contributed by atoms with Gasteiger partial charge in [0.05, 0.1) is 68.4 Å². The van der Waals surface area contributed by atoms with Crippen molar-refractivity contribution in [3.63, 3.8) is 0 Å². The molecule has 0 heterocycles. The predicted molar refractivity (Wildman–Crippen MR) is 405 cm³/mol. The molecule has 14 rings (SSSR count). The molecule has 0 spiro atoms. The molecule has 0 amide bonds. The van der Waals surface area contributed by atoms with Crippen molar-refractivity contribution in [2.45, 2.75) is 6.42 Å². The summed E-state index contributed by atoms with van der Waals surface area (Å²) in [6, 6.07) is 133. The maximum Gasteiger partial charge on any atom is 0.0781 e. The minimum absolute atomic E-state index is 0.728. The monoisotopic (exact) mass is 1240 g/mol. The van der Waals surface area contributed by atoms with Gasteiger partial charge in [0.25, 0.3) is 0 Å². The Morgan fingerprint density at radius 2 is 0.258 bits per heavy atom. The molecule has 0 fully saturated rings. The first-order valence-electron chi connectivity index (χ1n) is 32.6. The van der Waals surface area contributed by atoms with Crippen molar-refractivity contribution in [1.82, 2.24) is 0 Å². The summed E-state index contributed by atoms with van der Waals surface area (Å²) in [4.78, 5) is 31.7. The van der Waals surface area contributed by atoms with E-state index >= 15 is 0 Å². The number of hydrogen-bond donors (Lipinski definition) is 0. The van der Waals surface area contributed by atoms with Gasteiger partial charge >= 0.3 is 0 Å². The second-order valence-corrected chi connectivity index (χ2v) is 23.4. The van der Waals surface area contributed by atoms with Crippen molar-refractivity contribution in [2.75, 3.05) is 0 Å². The summed E-state index contributed by atoms with van der Waals surface area (Å²) in [6.45, 7) is 0. The van der Waals surface area contributed by atoms with Crippen LogP contribution in [-0.4, -0.2) is 34.3 Å². The highest BCUT2D eigenvalue weighted by molar-refractivity contribution is 6.18. The molecule has 6 heteroatoms. The first-order chi connectivity index (χ1) is 48.0. The fourth-order valence-corrected chi connectivity index (χ4v) is 11.7. The molecule has 0 bridgehead atoms. The summed E-state index contributed by atoms with van der Waals surface area (Å²) >= 11 is 0. The minimum Gasteiger partial charge on any atom is -0.248 e. The third-order valence-electron chi connectivity index (χ3n) is 16.7. The summed E-state index contributed by atoms with van der Waals surface area (Å²) in [7, 11) is 0. The average Bonchev–Trinajstić information content (AvgIpc) is 1.49. The Kier molecular flexibility index (Phi) is 19.2. The van der Waals surface area contributed by atoms with Crippen LogP contribution >= 0.6 is 0 Å². The first kappa shape index (κ1) is 61.6. The highest BCUT2D eigenvalue weighted by atomic mass is 14.8. The normalized spacial score (nSPS) is 10.7. The fourth-order valence-electron chi connectivity index (χ4n) is 11.7. The van der Waals surface area contributed by atoms with Crippen molar-refractivity contribution < 1.29 is 0 Å². The Labute approximate surface area is 567 Å². The van der Waals surface area contributed by atoms with Crippen molar-refractivity contribution >= 4 is 68.4 Å². The van der Waals surface area contributed by atoms with Gasteiger partial charge in [0.2, 0.25) is 0 Å². The topological polar surface area (TPSA) is 74.2 Å². The van der Waals surface area contributed by atoms with E-state index in [0.717, 1.165) is 153 Å². The van der Waals surface area contributed by atoms with Crippen LogP contribution in [0.2, 0.25) is 0 Å². The summed E-state index contributed by atoms with van der Waals surface area (Å²) in [5.41, 5.74) is 24.9. The molecule has 0 saturated heterocycles. The zero-order chi connectivity index (χ0) is 65.2. The molecule has 0 aliphatic rings. The van der Waals surface area contributed by atoms with Gasteiger partial charge in [0.1, 0.15) is 0 Å². The third-order valence-corrected chi connectivity index (χ3v) is 16.7. The molecule has 0 aromatic heterocycles. The second kappa shape index (κ2) is 30.2. The third kappa shape index (κ3) is 15.6. The Morgan fingerprint density at radius 1 is 0.134 bits per heavy atom. The van der Waals surface area contributed by atoms with Crippen LogP contribution in [0, 0.1) is 0 Å². The molecule has 6 nitrogen and oxygen atoms in total. The molecule has 0 radical (unpaired) electrons. The summed E-state index contributed by atoms with van der Waals surface area (Å²) in [6.07, 6.45) is 0.728. The molecule has 97 heavy (non-hydrogen) atoms. The van der Waals surface area contributed by atoms with E-state index in [1.807, 2.05) is 48.5 Å². The van der Waals surface area contributed by atoms with Gasteiger partial charge in [-0.05, 0) is 90.3 Å². The number of aliphatic imine (C=N–C) groups is 6. The van der Waals surface area contributed by atoms with Gasteiger partial charge in [-0.15, -0.1) is 0 Å². The molecule has 0 aliphatic carbocycles. The summed E-state index contributed by atoms with van der Waals surface area (Å²) in [5, 5.41) is 0. The van der Waals surface area contributed by atoms with Crippen LogP contribution in [0.5, 0.6) is 0 Å². The van der Waals surface area contributed by atoms with Gasteiger partial charge in [0.15, 0.2) is 0 Å². The lowest BCUT2D eigenvalue weighted by Crippen LogP contribution is -2.04. The number of rotatable bonds is 20. The van der Waals surface area contributed by atoms with Crippen LogP contribution in [0.25, 0.3) is 0 Å². The lowest BCUT2D eigenvalue weighted by atomic mass is 10.00. The van der Waals surface area contributed by atoms with Crippen LogP contribution in [0.1, 0.15) is 77.9 Å². The van der Waals surface area contributed by atoms with Crippen LogP contribution in [0.3, 0.4) is 0 Å². The van der Waals surface area contributed by atoms with Crippen molar-refractivity contribution in [1.29, 1.82) is 0 Å². The van der Waals surface area contributed by atoms with Gasteiger partial charge in [0, 0.05) is 66.8 Å². The standard InChI is InChI=1S/C91H66N6/c1-9-25-68(26-10-1)86(69-27-11-2-12-28-69)94-82-57-45-76(46-58-82)90(77-47-59-83(60-48-77)95-87(70-29-13-3-14-30-70)71-31-15-4-16-32-71)92-80-53-41-66(42-54-80)65-67-43-55-81(56-44-67)93-91(78-49-61-84(62-50-78)96-88(72-33-17-5-18-34-72)73-35-19-6-20-36-73)79-51-63-85(64-52-79)97-89(74-37-21-7-22-38-74)75-39-23-8-24-40-75/h1-64H,65H2. The van der Waals surface area contributed by atoms with E-state index in [2.05, 4.69) is 340 Å². The Hall–Kier alpha value is -12.9. The van der Waals surface area contributed by atoms with E-state index in [-0.39, 0.29) is 0 Å². The van der Waals surface area contributed by atoms with Gasteiger partial charge in [-0.3, -0.25) is 0 Å². The van der Waals surface area contributed by atoms with Crippen molar-refractivity contribution in [2.24, 2.45) is 30.0 Å². The van der Waals surface area contributed by atoms with Crippen LogP contribution in [0.4, 0.5) is 34.1 Å². The minimum atomic E-state index is 0.728. The Bertz CT molecular complexity index is 4310. The molecule has 14 aromatic carbocycles. The van der Waals surface area contributed by atoms with Gasteiger partial charge in [-0.2, -0.15) is 0 Å². The highest BCUT2D eigenvalue weighted by Gasteiger charge is 2.16. The molecule has 0 N–H and O–H groups in total. The highest BCUT2D eigenvalue weighted by Crippen LogP contribution is 2.30. The van der Waals surface area contributed by atoms with E-state index in [4.69, 9.17) is 30.0 Å². The Balaban J connectivity index is 0.761. The molecular formula is C91H66N6. The second-order valence-electron chi connectivity index (χ2n) is 23.4. The van der Waals surface area contributed by atoms with Gasteiger partial charge in [-0.1, -0.05) is 315 Å². The average molecular weight is 1240 g/mol. The molecule has 0 atom stereocenters. The SMILES string of the molecule is c1ccc(C(=Nc2ccc(C(=Nc3ccc(Cc4ccc(N=C(c5ccc(N=C(c6ccccc6)c6ccccc6)cc5)c5ccc(N=C(c6ccccc6)c6ccccc6)cc5)cc4)cc3)c3ccc(N=C(c4ccccc4)c4ccccc4)cc3)cc2)c2ccccc2)cc1. The van der Waals surface area contributed by atoms with Gasteiger partial charge < -0.3 is 0 Å². The zero-order valence-electron chi connectivity index (χ0n) is 53.3. The van der Waals surface area contributed by atoms with Crippen molar-refractivity contribution in [3.05, 3.63) is 466 Å². The largest absolute Gasteiger partial charge is 0.248 e. The first-order valence-corrected chi connectivity index (χ1v) is 32.6. The zero-order valence-corrected chi connectivity index (χ0v) is 53.3.